The number of hydrogen-bond acceptors (Lipinski definition) is 8. The maximum atomic E-state index is 12.4. The second-order valence-electron chi connectivity index (χ2n) is 8.26. The van der Waals surface area contributed by atoms with E-state index in [9.17, 15) is 14.9 Å². The molecule has 2 aromatic carbocycles. The van der Waals surface area contributed by atoms with Crippen LogP contribution in [0.3, 0.4) is 0 Å². The van der Waals surface area contributed by atoms with E-state index >= 15 is 0 Å². The molecule has 4 rings (SSSR count). The number of carbonyl (C=O) groups is 2. The molecule has 1 saturated heterocycles. The number of ether oxygens (including phenoxy) is 1. The van der Waals surface area contributed by atoms with Crippen LogP contribution in [0.1, 0.15) is 39.3 Å². The van der Waals surface area contributed by atoms with E-state index in [4.69, 9.17) is 4.74 Å². The standard InChI is InChI=1S/C26H27N5O3S2/c1-18-24(25(33)29-35-2)28-26(36-18)31(21-9-5-19(16-27)6-10-21)17-20-7-11-22(12-8-20)34-15-14-30-13-3-4-23(30)32/h5-12H,3-4,13-15,17H2,1-2H3,(H,29,33). The highest BCUT2D eigenvalue weighted by molar-refractivity contribution is 7.97. The van der Waals surface area contributed by atoms with Gasteiger partial charge < -0.3 is 14.5 Å². The van der Waals surface area contributed by atoms with Crippen LogP contribution in [-0.2, 0) is 11.3 Å². The van der Waals surface area contributed by atoms with E-state index in [1.165, 1.54) is 23.3 Å². The number of nitrogens with one attached hydrogen (secondary N) is 1. The summed E-state index contributed by atoms with van der Waals surface area (Å²) in [5.41, 5.74) is 2.88. The van der Waals surface area contributed by atoms with E-state index < -0.39 is 0 Å². The fourth-order valence-electron chi connectivity index (χ4n) is 3.92. The van der Waals surface area contributed by atoms with Gasteiger partial charge in [0.2, 0.25) is 5.91 Å². The topological polar surface area (TPSA) is 98.6 Å². The molecule has 8 nitrogen and oxygen atoms in total. The van der Waals surface area contributed by atoms with Gasteiger partial charge in [0.15, 0.2) is 5.13 Å². The maximum absolute atomic E-state index is 12.4. The molecule has 3 aromatic rings. The highest BCUT2D eigenvalue weighted by Crippen LogP contribution is 2.33. The zero-order chi connectivity index (χ0) is 25.5. The molecule has 2 amide bonds. The zero-order valence-electron chi connectivity index (χ0n) is 20.2. The molecule has 1 N–H and O–H groups in total. The number of aromatic nitrogens is 1. The van der Waals surface area contributed by atoms with Gasteiger partial charge in [-0.1, -0.05) is 24.1 Å². The van der Waals surface area contributed by atoms with Crippen LogP contribution in [-0.4, -0.2) is 47.7 Å². The predicted octanol–water partition coefficient (Wildman–Crippen LogP) is 4.67. The van der Waals surface area contributed by atoms with Crippen LogP contribution in [0.4, 0.5) is 10.8 Å². The Kier molecular flexibility index (Phi) is 8.46. The molecule has 36 heavy (non-hydrogen) atoms. The molecule has 0 bridgehead atoms. The molecule has 1 aliphatic rings. The summed E-state index contributed by atoms with van der Waals surface area (Å²) < 4.78 is 8.58. The predicted molar refractivity (Wildman–Crippen MR) is 143 cm³/mol. The minimum Gasteiger partial charge on any atom is -0.492 e. The van der Waals surface area contributed by atoms with Crippen LogP contribution >= 0.6 is 23.3 Å². The Balaban J connectivity index is 1.50. The summed E-state index contributed by atoms with van der Waals surface area (Å²) in [5.74, 6) is 0.721. The first-order valence-corrected chi connectivity index (χ1v) is 13.6. The van der Waals surface area contributed by atoms with Gasteiger partial charge in [-0.2, -0.15) is 5.26 Å². The molecule has 1 aliphatic heterocycles. The maximum Gasteiger partial charge on any atom is 0.280 e. The van der Waals surface area contributed by atoms with Crippen LogP contribution in [0.15, 0.2) is 48.5 Å². The highest BCUT2D eigenvalue weighted by Gasteiger charge is 2.21. The fourth-order valence-corrected chi connectivity index (χ4v) is 5.13. The molecule has 0 saturated carbocycles. The van der Waals surface area contributed by atoms with Crippen molar-refractivity contribution in [1.29, 1.82) is 5.26 Å². The molecule has 0 atom stereocenters. The minimum absolute atomic E-state index is 0.198. The van der Waals surface area contributed by atoms with Gasteiger partial charge in [0, 0.05) is 29.8 Å². The zero-order valence-corrected chi connectivity index (χ0v) is 21.8. The number of aryl methyl sites for hydroxylation is 1. The molecule has 186 valence electrons. The van der Waals surface area contributed by atoms with Gasteiger partial charge in [0.25, 0.3) is 5.91 Å². The summed E-state index contributed by atoms with van der Waals surface area (Å²) in [7, 11) is 0. The molecule has 1 fully saturated rings. The quantitative estimate of drug-likeness (QED) is 0.387. The lowest BCUT2D eigenvalue weighted by atomic mass is 10.1. The molecule has 10 heteroatoms. The normalized spacial score (nSPS) is 12.9. The molecule has 0 unspecified atom stereocenters. The van der Waals surface area contributed by atoms with E-state index in [1.54, 1.807) is 18.4 Å². The van der Waals surface area contributed by atoms with Gasteiger partial charge in [-0.15, -0.1) is 11.3 Å². The average Bonchev–Trinajstić information content (AvgIpc) is 3.48. The van der Waals surface area contributed by atoms with Crippen LogP contribution < -0.4 is 14.4 Å². The Hall–Kier alpha value is -3.55. The van der Waals surface area contributed by atoms with Crippen molar-refractivity contribution in [1.82, 2.24) is 14.6 Å². The van der Waals surface area contributed by atoms with Crippen molar-refractivity contribution in [2.45, 2.75) is 26.3 Å². The van der Waals surface area contributed by atoms with Crippen molar-refractivity contribution in [3.05, 3.63) is 70.2 Å². The second kappa shape index (κ2) is 11.9. The first-order chi connectivity index (χ1) is 17.5. The number of likely N-dealkylation sites (tertiary alicyclic amines) is 1. The van der Waals surface area contributed by atoms with Gasteiger partial charge in [-0.3, -0.25) is 14.3 Å². The average molecular weight is 522 g/mol. The van der Waals surface area contributed by atoms with Gasteiger partial charge in [-0.05, 0) is 55.3 Å². The van der Waals surface area contributed by atoms with E-state index in [0.717, 1.165) is 34.8 Å². The summed E-state index contributed by atoms with van der Waals surface area (Å²) in [5, 5.41) is 9.87. The summed E-state index contributed by atoms with van der Waals surface area (Å²) in [4.78, 5) is 33.5. The monoisotopic (exact) mass is 521 g/mol. The molecule has 2 heterocycles. The number of thiazole rings is 1. The number of carbonyl (C=O) groups excluding carboxylic acids is 2. The van der Waals surface area contributed by atoms with Crippen LogP contribution in [0.2, 0.25) is 0 Å². The molecule has 1 aromatic heterocycles. The van der Waals surface area contributed by atoms with Crippen molar-refractivity contribution in [2.75, 3.05) is 30.9 Å². The van der Waals surface area contributed by atoms with Crippen molar-refractivity contribution in [3.8, 4) is 11.8 Å². The van der Waals surface area contributed by atoms with Crippen molar-refractivity contribution in [3.63, 3.8) is 0 Å². The van der Waals surface area contributed by atoms with Crippen LogP contribution in [0, 0.1) is 18.3 Å². The number of amides is 2. The fraction of sp³-hybridized carbons (Fsp3) is 0.308. The number of anilines is 2. The lowest BCUT2D eigenvalue weighted by Gasteiger charge is -2.22. The molecule has 0 aliphatic carbocycles. The van der Waals surface area contributed by atoms with Crippen molar-refractivity contribution < 1.29 is 14.3 Å². The Morgan fingerprint density at radius 2 is 2.00 bits per heavy atom. The molecular weight excluding hydrogens is 494 g/mol. The summed E-state index contributed by atoms with van der Waals surface area (Å²) in [6.07, 6.45) is 3.35. The minimum atomic E-state index is -0.223. The first-order valence-electron chi connectivity index (χ1n) is 11.6. The Labute approximate surface area is 219 Å². The number of nitriles is 1. The Morgan fingerprint density at radius 1 is 1.25 bits per heavy atom. The van der Waals surface area contributed by atoms with Gasteiger partial charge in [0.05, 0.1) is 24.7 Å². The van der Waals surface area contributed by atoms with Crippen molar-refractivity contribution >= 4 is 45.9 Å². The van der Waals surface area contributed by atoms with Gasteiger partial charge in [0.1, 0.15) is 18.1 Å². The number of benzene rings is 2. The summed E-state index contributed by atoms with van der Waals surface area (Å²) in [6.45, 7) is 4.27. The smallest absolute Gasteiger partial charge is 0.280 e. The lowest BCUT2D eigenvalue weighted by Crippen LogP contribution is -2.29. The lowest BCUT2D eigenvalue weighted by molar-refractivity contribution is -0.128. The number of nitrogens with zero attached hydrogens (tertiary/aromatic N) is 4. The van der Waals surface area contributed by atoms with E-state index in [2.05, 4.69) is 15.8 Å². The number of rotatable bonds is 10. The largest absolute Gasteiger partial charge is 0.492 e. The van der Waals surface area contributed by atoms with Crippen LogP contribution in [0.25, 0.3) is 0 Å². The number of hydrogen-bond donors (Lipinski definition) is 1. The van der Waals surface area contributed by atoms with Crippen LogP contribution in [0.5, 0.6) is 5.75 Å². The van der Waals surface area contributed by atoms with E-state index in [-0.39, 0.29) is 11.8 Å². The molecular formula is C26H27N5O3S2. The van der Waals surface area contributed by atoms with E-state index in [1.807, 2.05) is 53.1 Å². The van der Waals surface area contributed by atoms with Gasteiger partial charge in [-0.25, -0.2) is 4.98 Å². The Morgan fingerprint density at radius 3 is 2.64 bits per heavy atom. The third-order valence-corrected chi connectivity index (χ3v) is 7.18. The van der Waals surface area contributed by atoms with Gasteiger partial charge >= 0.3 is 0 Å². The second-order valence-corrected chi connectivity index (χ2v) is 10.1. The summed E-state index contributed by atoms with van der Waals surface area (Å²) in [6, 6.07) is 17.3. The molecule has 0 radical (unpaired) electrons. The Bertz CT molecular complexity index is 1250. The highest BCUT2D eigenvalue weighted by atomic mass is 32.2. The van der Waals surface area contributed by atoms with Crippen molar-refractivity contribution in [2.24, 2.45) is 0 Å². The third kappa shape index (κ3) is 6.17. The van der Waals surface area contributed by atoms with E-state index in [0.29, 0.717) is 42.5 Å². The SMILES string of the molecule is CSNC(=O)c1nc(N(Cc2ccc(OCCN3CCCC3=O)cc2)c2ccc(C#N)cc2)sc1C. The summed E-state index contributed by atoms with van der Waals surface area (Å²) >= 11 is 2.69. The first kappa shape index (κ1) is 25.5. The molecule has 0 spiro atoms. The third-order valence-electron chi connectivity index (χ3n) is 5.80.